The van der Waals surface area contributed by atoms with Crippen LogP contribution in [0.25, 0.3) is 0 Å². The number of carbonyl (C=O) groups excluding carboxylic acids is 1. The van der Waals surface area contributed by atoms with E-state index < -0.39 is 0 Å². The first-order valence-corrected chi connectivity index (χ1v) is 5.77. The lowest BCUT2D eigenvalue weighted by atomic mass is 10.2. The van der Waals surface area contributed by atoms with E-state index in [0.717, 1.165) is 10.0 Å². The summed E-state index contributed by atoms with van der Waals surface area (Å²) >= 11 is 3.43. The molecule has 3 N–H and O–H groups in total. The van der Waals surface area contributed by atoms with Crippen LogP contribution < -0.4 is 20.5 Å². The number of hydrogen-bond donors (Lipinski definition) is 2. The second-order valence-electron chi connectivity index (χ2n) is 3.37. The summed E-state index contributed by atoms with van der Waals surface area (Å²) in [5.74, 6) is 0.909. The molecule has 0 fully saturated rings. The van der Waals surface area contributed by atoms with Crippen LogP contribution in [0.5, 0.6) is 11.5 Å². The highest BCUT2D eigenvalue weighted by Gasteiger charge is 2.09. The molecule has 0 saturated heterocycles. The number of methoxy groups -OCH3 is 2. The molecule has 0 unspecified atom stereocenters. The number of ether oxygens (including phenoxy) is 2. The van der Waals surface area contributed by atoms with Gasteiger partial charge in [0.15, 0.2) is 11.5 Å². The Morgan fingerprint density at radius 3 is 2.47 bits per heavy atom. The summed E-state index contributed by atoms with van der Waals surface area (Å²) in [6.45, 7) is 0.657. The number of amides is 1. The fraction of sp³-hybridized carbons (Fsp3) is 0.364. The van der Waals surface area contributed by atoms with E-state index in [1.54, 1.807) is 14.2 Å². The largest absolute Gasteiger partial charge is 0.493 e. The molecular weight excluding hydrogens is 288 g/mol. The van der Waals surface area contributed by atoms with Crippen molar-refractivity contribution in [2.24, 2.45) is 5.73 Å². The van der Waals surface area contributed by atoms with E-state index in [-0.39, 0.29) is 12.5 Å². The van der Waals surface area contributed by atoms with E-state index in [9.17, 15) is 4.79 Å². The van der Waals surface area contributed by atoms with Crippen LogP contribution in [0.2, 0.25) is 0 Å². The zero-order chi connectivity index (χ0) is 12.8. The van der Waals surface area contributed by atoms with Crippen LogP contribution >= 0.6 is 15.9 Å². The molecular formula is C11H15BrN2O3. The Bertz CT molecular complexity index is 410. The van der Waals surface area contributed by atoms with Gasteiger partial charge in [0.2, 0.25) is 5.91 Å². The smallest absolute Gasteiger partial charge is 0.231 e. The Morgan fingerprint density at radius 2 is 1.94 bits per heavy atom. The molecule has 0 aromatic heterocycles. The predicted molar refractivity (Wildman–Crippen MR) is 68.1 cm³/mol. The molecule has 0 bridgehead atoms. The van der Waals surface area contributed by atoms with Crippen molar-refractivity contribution in [1.29, 1.82) is 0 Å². The molecule has 1 amide bonds. The van der Waals surface area contributed by atoms with Crippen LogP contribution in [-0.4, -0.2) is 26.7 Å². The van der Waals surface area contributed by atoms with Gasteiger partial charge in [-0.1, -0.05) is 15.9 Å². The zero-order valence-electron chi connectivity index (χ0n) is 9.75. The van der Waals surface area contributed by atoms with Crippen molar-refractivity contribution in [2.75, 3.05) is 20.8 Å². The van der Waals surface area contributed by atoms with Crippen LogP contribution in [-0.2, 0) is 11.3 Å². The molecule has 1 aromatic rings. The second-order valence-corrected chi connectivity index (χ2v) is 4.22. The molecule has 1 rings (SSSR count). The number of nitrogens with two attached hydrogens (primary N) is 1. The van der Waals surface area contributed by atoms with Crippen molar-refractivity contribution in [1.82, 2.24) is 5.32 Å². The van der Waals surface area contributed by atoms with Gasteiger partial charge in [-0.3, -0.25) is 4.79 Å². The van der Waals surface area contributed by atoms with Crippen molar-refractivity contribution in [2.45, 2.75) is 6.54 Å². The summed E-state index contributed by atoms with van der Waals surface area (Å²) in [5.41, 5.74) is 6.00. The number of hydrogen-bond acceptors (Lipinski definition) is 4. The fourth-order valence-corrected chi connectivity index (χ4v) is 1.81. The molecule has 17 heavy (non-hydrogen) atoms. The van der Waals surface area contributed by atoms with E-state index >= 15 is 0 Å². The normalized spacial score (nSPS) is 10.1. The van der Waals surface area contributed by atoms with Gasteiger partial charge in [0, 0.05) is 11.0 Å². The zero-order valence-corrected chi connectivity index (χ0v) is 11.3. The Kier molecular flexibility index (Phi) is 5.24. The second kappa shape index (κ2) is 6.46. The molecule has 0 aliphatic carbocycles. The third kappa shape index (κ3) is 3.90. The van der Waals surface area contributed by atoms with Crippen LogP contribution in [0.1, 0.15) is 5.56 Å². The van der Waals surface area contributed by atoms with E-state index in [4.69, 9.17) is 15.2 Å². The minimum absolute atomic E-state index is 0.140. The third-order valence-corrected chi connectivity index (χ3v) is 2.91. The van der Waals surface area contributed by atoms with E-state index in [2.05, 4.69) is 21.2 Å². The highest BCUT2D eigenvalue weighted by molar-refractivity contribution is 9.10. The highest BCUT2D eigenvalue weighted by Crippen LogP contribution is 2.33. The minimum Gasteiger partial charge on any atom is -0.493 e. The molecule has 0 radical (unpaired) electrons. The number of primary amides is 1. The molecule has 0 heterocycles. The summed E-state index contributed by atoms with van der Waals surface area (Å²) in [6, 6.07) is 3.66. The lowest BCUT2D eigenvalue weighted by Crippen LogP contribution is -2.28. The fourth-order valence-electron chi connectivity index (χ4n) is 1.35. The minimum atomic E-state index is -0.387. The monoisotopic (exact) mass is 302 g/mol. The summed E-state index contributed by atoms with van der Waals surface area (Å²) in [5, 5.41) is 2.93. The van der Waals surface area contributed by atoms with Crippen molar-refractivity contribution >= 4 is 21.8 Å². The van der Waals surface area contributed by atoms with Crippen molar-refractivity contribution < 1.29 is 14.3 Å². The lowest BCUT2D eigenvalue weighted by Gasteiger charge is -2.12. The predicted octanol–water partition coefficient (Wildman–Crippen LogP) is 1.04. The maximum Gasteiger partial charge on any atom is 0.231 e. The van der Waals surface area contributed by atoms with Crippen molar-refractivity contribution in [3.05, 3.63) is 22.2 Å². The Morgan fingerprint density at radius 1 is 1.35 bits per heavy atom. The van der Waals surface area contributed by atoms with Crippen molar-refractivity contribution in [3.8, 4) is 11.5 Å². The number of nitrogens with one attached hydrogen (secondary N) is 1. The first-order valence-electron chi connectivity index (χ1n) is 4.98. The van der Waals surface area contributed by atoms with Gasteiger partial charge in [-0.05, 0) is 17.7 Å². The molecule has 5 nitrogen and oxygen atoms in total. The molecule has 0 aliphatic rings. The summed E-state index contributed by atoms with van der Waals surface area (Å²) in [6.07, 6.45) is 0. The maximum atomic E-state index is 10.6. The number of rotatable bonds is 6. The van der Waals surface area contributed by atoms with Gasteiger partial charge >= 0.3 is 0 Å². The van der Waals surface area contributed by atoms with Gasteiger partial charge in [-0.15, -0.1) is 0 Å². The summed E-state index contributed by atoms with van der Waals surface area (Å²) in [7, 11) is 3.15. The van der Waals surface area contributed by atoms with Gasteiger partial charge < -0.3 is 20.5 Å². The average Bonchev–Trinajstić information content (AvgIpc) is 2.30. The van der Waals surface area contributed by atoms with Crippen LogP contribution in [0.4, 0.5) is 0 Å². The first-order chi connectivity index (χ1) is 8.08. The number of benzene rings is 1. The van der Waals surface area contributed by atoms with Gasteiger partial charge in [0.25, 0.3) is 0 Å². The van der Waals surface area contributed by atoms with Crippen LogP contribution in [0.15, 0.2) is 16.6 Å². The summed E-state index contributed by atoms with van der Waals surface area (Å²) in [4.78, 5) is 10.6. The number of carbonyl (C=O) groups is 1. The average molecular weight is 303 g/mol. The maximum absolute atomic E-state index is 10.6. The Hall–Kier alpha value is -1.27. The van der Waals surface area contributed by atoms with Gasteiger partial charge in [0.1, 0.15) is 0 Å². The van der Waals surface area contributed by atoms with Crippen LogP contribution in [0.3, 0.4) is 0 Å². The van der Waals surface area contributed by atoms with E-state index in [1.165, 1.54) is 0 Å². The standard InChI is InChI=1S/C11H15BrN2O3/c1-16-9-3-7(5-14-6-11(13)15)8(12)4-10(9)17-2/h3-4,14H,5-6H2,1-2H3,(H2,13,15). The first kappa shape index (κ1) is 13.8. The van der Waals surface area contributed by atoms with E-state index in [0.29, 0.717) is 18.0 Å². The molecule has 6 heteroatoms. The third-order valence-electron chi connectivity index (χ3n) is 2.17. The van der Waals surface area contributed by atoms with E-state index in [1.807, 2.05) is 12.1 Å². The number of halogens is 1. The molecule has 0 aliphatic heterocycles. The SMILES string of the molecule is COc1cc(Br)c(CNCC(N)=O)cc1OC. The lowest BCUT2D eigenvalue weighted by molar-refractivity contribution is -0.117. The summed E-state index contributed by atoms with van der Waals surface area (Å²) < 4.78 is 11.2. The highest BCUT2D eigenvalue weighted by atomic mass is 79.9. The molecule has 0 spiro atoms. The van der Waals surface area contributed by atoms with Gasteiger partial charge in [-0.2, -0.15) is 0 Å². The molecule has 94 valence electrons. The Labute approximate surface area is 108 Å². The van der Waals surface area contributed by atoms with Crippen molar-refractivity contribution in [3.63, 3.8) is 0 Å². The Balaban J connectivity index is 2.81. The quantitative estimate of drug-likeness (QED) is 0.823. The van der Waals surface area contributed by atoms with Crippen LogP contribution in [0, 0.1) is 0 Å². The molecule has 0 saturated carbocycles. The van der Waals surface area contributed by atoms with Gasteiger partial charge in [0.05, 0.1) is 20.8 Å². The van der Waals surface area contributed by atoms with Gasteiger partial charge in [-0.25, -0.2) is 0 Å². The topological polar surface area (TPSA) is 73.6 Å². The molecule has 1 aromatic carbocycles. The molecule has 0 atom stereocenters.